The smallest absolute Gasteiger partial charge is 0.407 e. The molecule has 0 aromatic heterocycles. The predicted octanol–water partition coefficient (Wildman–Crippen LogP) is 2.50. The van der Waals surface area contributed by atoms with Crippen molar-refractivity contribution in [3.8, 4) is 11.1 Å². The molecule has 8 heteroatoms. The molecule has 0 bridgehead atoms. The Hall–Kier alpha value is -3.39. The summed E-state index contributed by atoms with van der Waals surface area (Å²) in [5.41, 5.74) is 4.58. The van der Waals surface area contributed by atoms with E-state index in [9.17, 15) is 14.4 Å². The summed E-state index contributed by atoms with van der Waals surface area (Å²) >= 11 is 0. The van der Waals surface area contributed by atoms with E-state index in [0.29, 0.717) is 6.42 Å². The predicted molar refractivity (Wildman–Crippen MR) is 121 cm³/mol. The maximum Gasteiger partial charge on any atom is 0.407 e. The molecule has 0 radical (unpaired) electrons. The lowest BCUT2D eigenvalue weighted by Gasteiger charge is -2.21. The summed E-state index contributed by atoms with van der Waals surface area (Å²) in [6.45, 7) is -0.187. The maximum absolute atomic E-state index is 12.5. The Morgan fingerprint density at radius 2 is 1.64 bits per heavy atom. The number of aliphatic hydroxyl groups excluding tert-OH is 1. The van der Waals surface area contributed by atoms with Crippen LogP contribution in [0.1, 0.15) is 36.3 Å². The lowest BCUT2D eigenvalue weighted by molar-refractivity contribution is -0.143. The van der Waals surface area contributed by atoms with Crippen LogP contribution < -0.4 is 10.6 Å². The lowest BCUT2D eigenvalue weighted by Crippen LogP contribution is -2.47. The van der Waals surface area contributed by atoms with E-state index in [1.54, 1.807) is 0 Å². The second-order valence-corrected chi connectivity index (χ2v) is 8.59. The Balaban J connectivity index is 1.31. The minimum absolute atomic E-state index is 0.0282. The van der Waals surface area contributed by atoms with E-state index in [1.807, 2.05) is 24.3 Å². The summed E-state index contributed by atoms with van der Waals surface area (Å²) in [7, 11) is 0. The molecule has 33 heavy (non-hydrogen) atoms. The Morgan fingerprint density at radius 1 is 1.00 bits per heavy atom. The number of aliphatic hydroxyl groups is 1. The van der Waals surface area contributed by atoms with Crippen LogP contribution in [0.25, 0.3) is 11.1 Å². The first-order chi connectivity index (χ1) is 16.0. The van der Waals surface area contributed by atoms with Crippen molar-refractivity contribution in [1.82, 2.24) is 10.6 Å². The van der Waals surface area contributed by atoms with Crippen LogP contribution >= 0.6 is 0 Å². The molecule has 2 aliphatic rings. The highest BCUT2D eigenvalue weighted by molar-refractivity contribution is 5.85. The molecular weight excluding hydrogens is 424 g/mol. The Labute approximate surface area is 192 Å². The zero-order valence-corrected chi connectivity index (χ0v) is 18.2. The number of carboxylic acid groups (broad SMARTS) is 1. The summed E-state index contributed by atoms with van der Waals surface area (Å²) in [5, 5.41) is 23.3. The largest absolute Gasteiger partial charge is 0.480 e. The van der Waals surface area contributed by atoms with Gasteiger partial charge in [-0.15, -0.1) is 0 Å². The Morgan fingerprint density at radius 3 is 2.24 bits per heavy atom. The summed E-state index contributed by atoms with van der Waals surface area (Å²) in [6, 6.07) is 14.9. The standard InChI is InChI=1S/C25H28N2O6/c28-13-22(24(30)31)27-23(29)16-11-5-6-15(16)12-26-25(32)33-14-21-19-9-3-1-7-17(19)18-8-2-4-10-20(18)21/h1-4,7-10,15-16,21-22,28H,5-6,11-14H2,(H,26,32)(H,27,29)(H,30,31)/t15?,16?,22-/m0/s1. The molecule has 1 saturated carbocycles. The summed E-state index contributed by atoms with van der Waals surface area (Å²) in [4.78, 5) is 36.0. The van der Waals surface area contributed by atoms with Crippen LogP contribution in [0.2, 0.25) is 0 Å². The van der Waals surface area contributed by atoms with Crippen molar-refractivity contribution >= 4 is 18.0 Å². The van der Waals surface area contributed by atoms with E-state index in [-0.39, 0.29) is 25.0 Å². The minimum Gasteiger partial charge on any atom is -0.480 e. The first-order valence-corrected chi connectivity index (χ1v) is 11.2. The number of alkyl carbamates (subject to hydrolysis) is 1. The van der Waals surface area contributed by atoms with E-state index in [2.05, 4.69) is 34.9 Å². The van der Waals surface area contributed by atoms with Gasteiger partial charge in [0, 0.05) is 18.4 Å². The Bertz CT molecular complexity index is 994. The fourth-order valence-electron chi connectivity index (χ4n) is 4.95. The van der Waals surface area contributed by atoms with E-state index in [0.717, 1.165) is 35.1 Å². The van der Waals surface area contributed by atoms with Crippen molar-refractivity contribution in [1.29, 1.82) is 0 Å². The first kappa shape index (κ1) is 22.8. The number of fused-ring (bicyclic) bond motifs is 3. The van der Waals surface area contributed by atoms with Gasteiger partial charge in [0.25, 0.3) is 0 Å². The molecule has 2 aromatic rings. The average molecular weight is 453 g/mol. The number of hydrogen-bond donors (Lipinski definition) is 4. The van der Waals surface area contributed by atoms with E-state index in [1.165, 1.54) is 0 Å². The highest BCUT2D eigenvalue weighted by Crippen LogP contribution is 2.44. The molecule has 4 N–H and O–H groups in total. The van der Waals surface area contributed by atoms with Crippen LogP contribution in [0.4, 0.5) is 4.79 Å². The summed E-state index contributed by atoms with van der Waals surface area (Å²) in [5.74, 6) is -2.24. The highest BCUT2D eigenvalue weighted by Gasteiger charge is 2.35. The summed E-state index contributed by atoms with van der Waals surface area (Å²) < 4.78 is 5.55. The van der Waals surface area contributed by atoms with Gasteiger partial charge in [-0.05, 0) is 41.0 Å². The molecule has 1 fully saturated rings. The molecule has 2 aliphatic carbocycles. The van der Waals surface area contributed by atoms with Gasteiger partial charge in [0.2, 0.25) is 5.91 Å². The van der Waals surface area contributed by atoms with Gasteiger partial charge in [0.1, 0.15) is 12.6 Å². The van der Waals surface area contributed by atoms with E-state index >= 15 is 0 Å². The molecule has 0 spiro atoms. The first-order valence-electron chi connectivity index (χ1n) is 11.2. The number of carbonyl (C=O) groups is 3. The third-order valence-corrected chi connectivity index (χ3v) is 6.65. The van der Waals surface area contributed by atoms with Crippen molar-refractivity contribution in [2.24, 2.45) is 11.8 Å². The molecule has 0 saturated heterocycles. The van der Waals surface area contributed by atoms with Gasteiger partial charge >= 0.3 is 12.1 Å². The number of nitrogens with one attached hydrogen (secondary N) is 2. The monoisotopic (exact) mass is 452 g/mol. The third-order valence-electron chi connectivity index (χ3n) is 6.65. The van der Waals surface area contributed by atoms with Crippen LogP contribution in [0.5, 0.6) is 0 Å². The lowest BCUT2D eigenvalue weighted by atomic mass is 9.95. The SMILES string of the molecule is O=C(NCC1CCCC1C(=O)N[C@@H](CO)C(=O)O)OCC1c2ccccc2-c2ccccc21. The second-order valence-electron chi connectivity index (χ2n) is 8.59. The number of hydrogen-bond acceptors (Lipinski definition) is 5. The topological polar surface area (TPSA) is 125 Å². The van der Waals surface area contributed by atoms with Crippen LogP contribution in [-0.2, 0) is 14.3 Å². The van der Waals surface area contributed by atoms with Crippen molar-refractivity contribution in [3.05, 3.63) is 59.7 Å². The molecule has 4 rings (SSSR count). The molecule has 2 aromatic carbocycles. The third kappa shape index (κ3) is 4.85. The fourth-order valence-corrected chi connectivity index (χ4v) is 4.95. The zero-order valence-electron chi connectivity index (χ0n) is 18.2. The number of carboxylic acids is 1. The molecule has 2 unspecified atom stereocenters. The minimum atomic E-state index is -1.33. The van der Waals surface area contributed by atoms with E-state index in [4.69, 9.17) is 14.9 Å². The fraction of sp³-hybridized carbons (Fsp3) is 0.400. The van der Waals surface area contributed by atoms with Gasteiger partial charge in [-0.3, -0.25) is 4.79 Å². The van der Waals surface area contributed by atoms with Crippen LogP contribution in [0.15, 0.2) is 48.5 Å². The van der Waals surface area contributed by atoms with Gasteiger partial charge in [0.15, 0.2) is 0 Å². The van der Waals surface area contributed by atoms with Crippen LogP contribution in [0.3, 0.4) is 0 Å². The number of carbonyl (C=O) groups excluding carboxylic acids is 2. The highest BCUT2D eigenvalue weighted by atomic mass is 16.5. The maximum atomic E-state index is 12.5. The average Bonchev–Trinajstić information content (AvgIpc) is 3.42. The number of aliphatic carboxylic acids is 1. The van der Waals surface area contributed by atoms with Crippen LogP contribution in [-0.4, -0.2) is 54.0 Å². The molecule has 2 amide bonds. The van der Waals surface area contributed by atoms with Crippen molar-refractivity contribution in [2.75, 3.05) is 19.8 Å². The molecule has 174 valence electrons. The van der Waals surface area contributed by atoms with Gasteiger partial charge in [0.05, 0.1) is 6.61 Å². The number of benzene rings is 2. The quantitative estimate of drug-likeness (QED) is 0.488. The van der Waals surface area contributed by atoms with Crippen molar-refractivity contribution < 1.29 is 29.3 Å². The van der Waals surface area contributed by atoms with Gasteiger partial charge in [-0.1, -0.05) is 55.0 Å². The van der Waals surface area contributed by atoms with Crippen molar-refractivity contribution in [2.45, 2.75) is 31.2 Å². The number of rotatable bonds is 8. The van der Waals surface area contributed by atoms with Gasteiger partial charge in [-0.2, -0.15) is 0 Å². The zero-order chi connectivity index (χ0) is 23.4. The molecule has 8 nitrogen and oxygen atoms in total. The van der Waals surface area contributed by atoms with Crippen LogP contribution in [0, 0.1) is 11.8 Å². The molecule has 0 aliphatic heterocycles. The number of ether oxygens (including phenoxy) is 1. The summed E-state index contributed by atoms with van der Waals surface area (Å²) in [6.07, 6.45) is 1.63. The molecular formula is C25H28N2O6. The number of amides is 2. The van der Waals surface area contributed by atoms with E-state index < -0.39 is 36.5 Å². The molecule has 0 heterocycles. The second kappa shape index (κ2) is 10.0. The van der Waals surface area contributed by atoms with Gasteiger partial charge < -0.3 is 25.6 Å². The Kier molecular flexibility index (Phi) is 6.93. The molecule has 3 atom stereocenters. The normalized spacial score (nSPS) is 19.9. The van der Waals surface area contributed by atoms with Gasteiger partial charge in [-0.25, -0.2) is 9.59 Å². The van der Waals surface area contributed by atoms with Crippen molar-refractivity contribution in [3.63, 3.8) is 0 Å².